The van der Waals surface area contributed by atoms with Crippen molar-refractivity contribution in [3.8, 4) is 0 Å². The van der Waals surface area contributed by atoms with Crippen molar-refractivity contribution in [2.75, 3.05) is 32.8 Å². The van der Waals surface area contributed by atoms with Crippen molar-refractivity contribution in [3.63, 3.8) is 0 Å². The van der Waals surface area contributed by atoms with Gasteiger partial charge in [0.2, 0.25) is 5.91 Å². The molecule has 3 aliphatic rings. The molecule has 8 heteroatoms. The minimum atomic E-state index is -0.965. The normalized spacial score (nSPS) is 31.4. The zero-order valence-electron chi connectivity index (χ0n) is 11.8. The number of carbonyl (C=O) groups is 3. The summed E-state index contributed by atoms with van der Waals surface area (Å²) in [4.78, 5) is 37.7. The molecule has 0 bridgehead atoms. The van der Waals surface area contributed by atoms with E-state index in [0.717, 1.165) is 0 Å². The fourth-order valence-electron chi connectivity index (χ4n) is 3.40. The zero-order chi connectivity index (χ0) is 15.1. The van der Waals surface area contributed by atoms with Crippen molar-refractivity contribution < 1.29 is 19.1 Å². The molecule has 8 nitrogen and oxygen atoms in total. The summed E-state index contributed by atoms with van der Waals surface area (Å²) >= 11 is 0. The topological polar surface area (TPSA) is 114 Å². The molecular formula is C13H20N4O4. The summed E-state index contributed by atoms with van der Waals surface area (Å²) < 4.78 is 5.32. The number of nitrogens with one attached hydrogen (secondary N) is 2. The van der Waals surface area contributed by atoms with Gasteiger partial charge in [-0.1, -0.05) is 0 Å². The molecule has 0 aromatic carbocycles. The van der Waals surface area contributed by atoms with Gasteiger partial charge >= 0.3 is 6.03 Å². The van der Waals surface area contributed by atoms with Gasteiger partial charge in [0.1, 0.15) is 5.54 Å². The minimum Gasteiger partial charge on any atom is -0.381 e. The van der Waals surface area contributed by atoms with Gasteiger partial charge in [0.05, 0.1) is 12.0 Å². The second kappa shape index (κ2) is 4.96. The van der Waals surface area contributed by atoms with Gasteiger partial charge in [0.25, 0.3) is 5.91 Å². The number of hydrogen-bond acceptors (Lipinski definition) is 5. The van der Waals surface area contributed by atoms with Crippen LogP contribution in [0, 0.1) is 5.41 Å². The Morgan fingerprint density at radius 3 is 2.57 bits per heavy atom. The van der Waals surface area contributed by atoms with E-state index in [0.29, 0.717) is 39.0 Å². The minimum absolute atomic E-state index is 0.0286. The summed E-state index contributed by atoms with van der Waals surface area (Å²) in [5.74, 6) is -0.379. The van der Waals surface area contributed by atoms with Crippen LogP contribution in [0.15, 0.2) is 0 Å². The number of likely N-dealkylation sites (tertiary alicyclic amines) is 1. The maximum atomic E-state index is 12.8. The smallest absolute Gasteiger partial charge is 0.322 e. The van der Waals surface area contributed by atoms with Gasteiger partial charge in [-0.05, 0) is 19.3 Å². The first kappa shape index (κ1) is 14.3. The molecule has 0 aromatic heterocycles. The Labute approximate surface area is 122 Å². The Kier molecular flexibility index (Phi) is 3.37. The number of urea groups is 1. The van der Waals surface area contributed by atoms with E-state index >= 15 is 0 Å². The van der Waals surface area contributed by atoms with Crippen molar-refractivity contribution in [2.24, 2.45) is 11.1 Å². The molecule has 116 valence electrons. The quantitative estimate of drug-likeness (QED) is 0.540. The van der Waals surface area contributed by atoms with Crippen LogP contribution in [0.1, 0.15) is 19.3 Å². The molecule has 4 N–H and O–H groups in total. The first-order valence-corrected chi connectivity index (χ1v) is 7.22. The summed E-state index contributed by atoms with van der Waals surface area (Å²) in [7, 11) is 0. The Morgan fingerprint density at radius 2 is 2.00 bits per heavy atom. The molecule has 1 atom stereocenters. The maximum absolute atomic E-state index is 12.8. The number of ether oxygens (including phenoxy) is 1. The first-order chi connectivity index (χ1) is 10.0. The molecule has 4 amide bonds. The molecule has 0 aliphatic carbocycles. The van der Waals surface area contributed by atoms with Crippen molar-refractivity contribution in [3.05, 3.63) is 0 Å². The predicted octanol–water partition coefficient (Wildman–Crippen LogP) is -1.45. The van der Waals surface area contributed by atoms with Crippen molar-refractivity contribution in [1.82, 2.24) is 15.5 Å². The highest BCUT2D eigenvalue weighted by molar-refractivity contribution is 6.07. The number of imide groups is 1. The molecule has 3 fully saturated rings. The average molecular weight is 296 g/mol. The van der Waals surface area contributed by atoms with Gasteiger partial charge in [-0.25, -0.2) is 4.79 Å². The van der Waals surface area contributed by atoms with Gasteiger partial charge in [0.15, 0.2) is 0 Å². The number of nitrogens with zero attached hydrogens (tertiary/aromatic N) is 1. The Balaban J connectivity index is 1.75. The summed E-state index contributed by atoms with van der Waals surface area (Å²) in [5.41, 5.74) is 4.29. The standard InChI is InChI=1S/C13H20N4O4/c14-7-12(2-5-21-6-3-12)10(19)17-4-1-13(8-17)9(18)15-11(20)16-13/h1-8,14H2,(H2,15,16,18,20). The van der Waals surface area contributed by atoms with Crippen LogP contribution < -0.4 is 16.4 Å². The van der Waals surface area contributed by atoms with E-state index in [9.17, 15) is 14.4 Å². The SMILES string of the molecule is NCC1(C(=O)N2CCC3(C2)NC(=O)NC3=O)CCOCC1. The summed E-state index contributed by atoms with van der Waals surface area (Å²) in [6.45, 7) is 2.00. The monoisotopic (exact) mass is 296 g/mol. The molecule has 21 heavy (non-hydrogen) atoms. The second-order valence-corrected chi connectivity index (χ2v) is 6.06. The Morgan fingerprint density at radius 1 is 1.29 bits per heavy atom. The molecule has 1 unspecified atom stereocenters. The number of amides is 4. The summed E-state index contributed by atoms with van der Waals surface area (Å²) in [6.07, 6.45) is 1.64. The Bertz CT molecular complexity index is 489. The first-order valence-electron chi connectivity index (χ1n) is 7.22. The molecule has 3 aliphatic heterocycles. The van der Waals surface area contributed by atoms with E-state index in [1.54, 1.807) is 4.90 Å². The van der Waals surface area contributed by atoms with Gasteiger partial charge in [-0.2, -0.15) is 0 Å². The highest BCUT2D eigenvalue weighted by Crippen LogP contribution is 2.35. The van der Waals surface area contributed by atoms with Crippen molar-refractivity contribution in [2.45, 2.75) is 24.8 Å². The largest absolute Gasteiger partial charge is 0.381 e. The lowest BCUT2D eigenvalue weighted by Gasteiger charge is -2.37. The van der Waals surface area contributed by atoms with Crippen LogP contribution >= 0.6 is 0 Å². The average Bonchev–Trinajstić information content (AvgIpc) is 3.03. The lowest BCUT2D eigenvalue weighted by atomic mass is 9.79. The van der Waals surface area contributed by atoms with Crippen LogP contribution in [0.4, 0.5) is 4.79 Å². The predicted molar refractivity (Wildman–Crippen MR) is 72.1 cm³/mol. The zero-order valence-corrected chi connectivity index (χ0v) is 11.8. The maximum Gasteiger partial charge on any atom is 0.322 e. The Hall–Kier alpha value is -1.67. The third kappa shape index (κ3) is 2.18. The van der Waals surface area contributed by atoms with Crippen LogP contribution in [0.5, 0.6) is 0 Å². The highest BCUT2D eigenvalue weighted by Gasteiger charge is 2.54. The van der Waals surface area contributed by atoms with Gasteiger partial charge in [-0.15, -0.1) is 0 Å². The van der Waals surface area contributed by atoms with Gasteiger partial charge in [-0.3, -0.25) is 14.9 Å². The molecule has 0 saturated carbocycles. The highest BCUT2D eigenvalue weighted by atomic mass is 16.5. The van der Waals surface area contributed by atoms with Crippen LogP contribution in [0.3, 0.4) is 0 Å². The van der Waals surface area contributed by atoms with E-state index in [-0.39, 0.29) is 24.9 Å². The lowest BCUT2D eigenvalue weighted by molar-refractivity contribution is -0.146. The molecule has 0 radical (unpaired) electrons. The number of hydrogen-bond donors (Lipinski definition) is 3. The van der Waals surface area contributed by atoms with Gasteiger partial charge < -0.3 is 20.7 Å². The van der Waals surface area contributed by atoms with Crippen molar-refractivity contribution in [1.29, 1.82) is 0 Å². The molecule has 1 spiro atoms. The fourth-order valence-corrected chi connectivity index (χ4v) is 3.40. The van der Waals surface area contributed by atoms with Crippen molar-refractivity contribution >= 4 is 17.8 Å². The van der Waals surface area contributed by atoms with Crippen LogP contribution in [0.25, 0.3) is 0 Å². The number of rotatable bonds is 2. The molecule has 3 saturated heterocycles. The lowest BCUT2D eigenvalue weighted by Crippen LogP contribution is -2.54. The molecule has 3 rings (SSSR count). The summed E-state index contributed by atoms with van der Waals surface area (Å²) in [5, 5.41) is 4.89. The van der Waals surface area contributed by atoms with E-state index in [1.807, 2.05) is 0 Å². The fraction of sp³-hybridized carbons (Fsp3) is 0.769. The van der Waals surface area contributed by atoms with Gasteiger partial charge in [0, 0.05) is 26.3 Å². The number of carbonyl (C=O) groups excluding carboxylic acids is 3. The van der Waals surface area contributed by atoms with E-state index in [4.69, 9.17) is 10.5 Å². The third-order valence-electron chi connectivity index (χ3n) is 4.87. The number of nitrogens with two attached hydrogens (primary N) is 1. The van der Waals surface area contributed by atoms with E-state index in [2.05, 4.69) is 10.6 Å². The third-order valence-corrected chi connectivity index (χ3v) is 4.87. The molecule has 3 heterocycles. The van der Waals surface area contributed by atoms with E-state index < -0.39 is 17.0 Å². The molecule has 0 aromatic rings. The van der Waals surface area contributed by atoms with Crippen LogP contribution in [-0.4, -0.2) is 61.1 Å². The second-order valence-electron chi connectivity index (χ2n) is 6.06. The van der Waals surface area contributed by atoms with Crippen LogP contribution in [0.2, 0.25) is 0 Å². The van der Waals surface area contributed by atoms with E-state index in [1.165, 1.54) is 0 Å². The molecular weight excluding hydrogens is 276 g/mol. The van der Waals surface area contributed by atoms with Crippen LogP contribution in [-0.2, 0) is 14.3 Å². The summed E-state index contributed by atoms with van der Waals surface area (Å²) in [6, 6.07) is -0.492.